The standard InChI is InChI=1S/C15H24N2O/c1-3-5-13-6-8-14(9-7-13)17-15(18)10-12(4-2)11-16/h6-9,12H,3-5,10-11,16H2,1-2H3,(H,17,18). The molecule has 0 aliphatic rings. The van der Waals surface area contributed by atoms with Gasteiger partial charge >= 0.3 is 0 Å². The summed E-state index contributed by atoms with van der Waals surface area (Å²) in [5.74, 6) is 0.333. The number of aryl methyl sites for hydroxylation is 1. The summed E-state index contributed by atoms with van der Waals surface area (Å²) in [6, 6.07) is 8.07. The van der Waals surface area contributed by atoms with E-state index < -0.39 is 0 Å². The minimum atomic E-state index is 0.0514. The van der Waals surface area contributed by atoms with E-state index >= 15 is 0 Å². The molecule has 0 aliphatic carbocycles. The molecular formula is C15H24N2O. The van der Waals surface area contributed by atoms with Crippen molar-refractivity contribution in [2.45, 2.75) is 39.5 Å². The van der Waals surface area contributed by atoms with Crippen LogP contribution >= 0.6 is 0 Å². The molecule has 1 rings (SSSR count). The van der Waals surface area contributed by atoms with Crippen molar-refractivity contribution >= 4 is 11.6 Å². The van der Waals surface area contributed by atoms with Crippen molar-refractivity contribution in [1.29, 1.82) is 0 Å². The third-order valence-corrected chi connectivity index (χ3v) is 3.16. The molecule has 0 saturated heterocycles. The van der Waals surface area contributed by atoms with Gasteiger partial charge in [0.1, 0.15) is 0 Å². The Bertz CT molecular complexity index is 355. The molecule has 3 heteroatoms. The molecule has 0 heterocycles. The van der Waals surface area contributed by atoms with Gasteiger partial charge < -0.3 is 11.1 Å². The Morgan fingerprint density at radius 2 is 1.94 bits per heavy atom. The van der Waals surface area contributed by atoms with Gasteiger partial charge in [-0.2, -0.15) is 0 Å². The Hall–Kier alpha value is -1.35. The molecule has 0 spiro atoms. The molecule has 1 atom stereocenters. The van der Waals surface area contributed by atoms with Crippen LogP contribution in [0, 0.1) is 5.92 Å². The monoisotopic (exact) mass is 248 g/mol. The maximum Gasteiger partial charge on any atom is 0.224 e. The van der Waals surface area contributed by atoms with E-state index in [4.69, 9.17) is 5.73 Å². The van der Waals surface area contributed by atoms with E-state index in [-0.39, 0.29) is 11.8 Å². The second-order valence-electron chi connectivity index (χ2n) is 4.71. The van der Waals surface area contributed by atoms with Crippen molar-refractivity contribution in [3.63, 3.8) is 0 Å². The highest BCUT2D eigenvalue weighted by Crippen LogP contribution is 2.13. The number of nitrogens with one attached hydrogen (secondary N) is 1. The Kier molecular flexibility index (Phi) is 6.44. The van der Waals surface area contributed by atoms with Crippen LogP contribution < -0.4 is 11.1 Å². The third-order valence-electron chi connectivity index (χ3n) is 3.16. The highest BCUT2D eigenvalue weighted by atomic mass is 16.1. The predicted molar refractivity (Wildman–Crippen MR) is 76.5 cm³/mol. The molecule has 1 amide bonds. The number of hydrogen-bond acceptors (Lipinski definition) is 2. The van der Waals surface area contributed by atoms with Crippen LogP contribution in [-0.2, 0) is 11.2 Å². The van der Waals surface area contributed by atoms with Crippen molar-refractivity contribution in [1.82, 2.24) is 0 Å². The minimum absolute atomic E-state index is 0.0514. The smallest absolute Gasteiger partial charge is 0.224 e. The molecule has 1 unspecified atom stereocenters. The number of benzene rings is 1. The van der Waals surface area contributed by atoms with Crippen molar-refractivity contribution in [3.05, 3.63) is 29.8 Å². The molecule has 0 fully saturated rings. The minimum Gasteiger partial charge on any atom is -0.330 e. The number of nitrogens with two attached hydrogens (primary N) is 1. The molecule has 3 nitrogen and oxygen atoms in total. The third kappa shape index (κ3) is 4.88. The molecule has 1 aromatic carbocycles. The van der Waals surface area contributed by atoms with Gasteiger partial charge in [-0.25, -0.2) is 0 Å². The maximum atomic E-state index is 11.8. The maximum absolute atomic E-state index is 11.8. The fraction of sp³-hybridized carbons (Fsp3) is 0.533. The van der Waals surface area contributed by atoms with Crippen molar-refractivity contribution in [3.8, 4) is 0 Å². The summed E-state index contributed by atoms with van der Waals surface area (Å²) in [6.45, 7) is 4.79. The first-order valence-corrected chi connectivity index (χ1v) is 6.78. The lowest BCUT2D eigenvalue weighted by Crippen LogP contribution is -2.21. The van der Waals surface area contributed by atoms with Gasteiger partial charge in [0, 0.05) is 12.1 Å². The number of rotatable bonds is 7. The second-order valence-corrected chi connectivity index (χ2v) is 4.71. The van der Waals surface area contributed by atoms with E-state index in [0.717, 1.165) is 24.9 Å². The van der Waals surface area contributed by atoms with Gasteiger partial charge in [-0.3, -0.25) is 4.79 Å². The molecule has 1 aromatic rings. The molecule has 3 N–H and O–H groups in total. The Balaban J connectivity index is 2.48. The summed E-state index contributed by atoms with van der Waals surface area (Å²) in [7, 11) is 0. The first-order valence-electron chi connectivity index (χ1n) is 6.78. The van der Waals surface area contributed by atoms with Gasteiger partial charge in [0.15, 0.2) is 0 Å². The fourth-order valence-corrected chi connectivity index (χ4v) is 1.91. The van der Waals surface area contributed by atoms with Crippen LogP contribution in [0.25, 0.3) is 0 Å². The van der Waals surface area contributed by atoms with Crippen LogP contribution in [0.5, 0.6) is 0 Å². The molecule has 18 heavy (non-hydrogen) atoms. The van der Waals surface area contributed by atoms with Crippen LogP contribution in [0.15, 0.2) is 24.3 Å². The summed E-state index contributed by atoms with van der Waals surface area (Å²) in [4.78, 5) is 11.8. The largest absolute Gasteiger partial charge is 0.330 e. The molecule has 0 bridgehead atoms. The molecule has 0 aromatic heterocycles. The summed E-state index contributed by atoms with van der Waals surface area (Å²) >= 11 is 0. The van der Waals surface area contributed by atoms with Crippen molar-refractivity contribution < 1.29 is 4.79 Å². The summed E-state index contributed by atoms with van der Waals surface area (Å²) in [6.07, 6.45) is 3.67. The number of amides is 1. The van der Waals surface area contributed by atoms with Crippen molar-refractivity contribution in [2.75, 3.05) is 11.9 Å². The van der Waals surface area contributed by atoms with Gasteiger partial charge in [-0.05, 0) is 36.6 Å². The van der Waals surface area contributed by atoms with Gasteiger partial charge in [0.05, 0.1) is 0 Å². The summed E-state index contributed by atoms with van der Waals surface area (Å²) in [5, 5.41) is 2.92. The lowest BCUT2D eigenvalue weighted by Gasteiger charge is -2.12. The van der Waals surface area contributed by atoms with Crippen molar-refractivity contribution in [2.24, 2.45) is 11.7 Å². The molecule has 0 radical (unpaired) electrons. The van der Waals surface area contributed by atoms with E-state index in [1.807, 2.05) is 12.1 Å². The quantitative estimate of drug-likeness (QED) is 0.779. The zero-order chi connectivity index (χ0) is 13.4. The van der Waals surface area contributed by atoms with E-state index in [1.54, 1.807) is 0 Å². The normalized spacial score (nSPS) is 12.2. The van der Waals surface area contributed by atoms with E-state index in [0.29, 0.717) is 13.0 Å². The summed E-state index contributed by atoms with van der Waals surface area (Å²) in [5.41, 5.74) is 7.77. The predicted octanol–water partition coefficient (Wildman–Crippen LogP) is 2.95. The van der Waals surface area contributed by atoms with E-state index in [2.05, 4.69) is 31.3 Å². The average molecular weight is 248 g/mol. The first kappa shape index (κ1) is 14.7. The van der Waals surface area contributed by atoms with Crippen LogP contribution in [0.3, 0.4) is 0 Å². The van der Waals surface area contributed by atoms with Crippen LogP contribution in [-0.4, -0.2) is 12.5 Å². The van der Waals surface area contributed by atoms with Crippen LogP contribution in [0.2, 0.25) is 0 Å². The molecule has 0 saturated carbocycles. The zero-order valence-corrected chi connectivity index (χ0v) is 11.4. The topological polar surface area (TPSA) is 55.1 Å². The van der Waals surface area contributed by atoms with Crippen LogP contribution in [0.1, 0.15) is 38.7 Å². The fourth-order valence-electron chi connectivity index (χ4n) is 1.91. The zero-order valence-electron chi connectivity index (χ0n) is 11.4. The van der Waals surface area contributed by atoms with E-state index in [1.165, 1.54) is 5.56 Å². The lowest BCUT2D eigenvalue weighted by atomic mass is 10.0. The van der Waals surface area contributed by atoms with Gasteiger partial charge in [0.2, 0.25) is 5.91 Å². The number of anilines is 1. The number of hydrogen-bond donors (Lipinski definition) is 2. The first-order chi connectivity index (χ1) is 8.69. The molecule has 100 valence electrons. The highest BCUT2D eigenvalue weighted by Gasteiger charge is 2.10. The average Bonchev–Trinajstić information content (AvgIpc) is 2.38. The lowest BCUT2D eigenvalue weighted by molar-refractivity contribution is -0.117. The molecule has 0 aliphatic heterocycles. The van der Waals surface area contributed by atoms with Gasteiger partial charge in [-0.1, -0.05) is 38.8 Å². The highest BCUT2D eigenvalue weighted by molar-refractivity contribution is 5.90. The second kappa shape index (κ2) is 7.88. The van der Waals surface area contributed by atoms with Gasteiger partial charge in [0.25, 0.3) is 0 Å². The van der Waals surface area contributed by atoms with E-state index in [9.17, 15) is 4.79 Å². The number of carbonyl (C=O) groups excluding carboxylic acids is 1. The Morgan fingerprint density at radius 1 is 1.28 bits per heavy atom. The molecular weight excluding hydrogens is 224 g/mol. The SMILES string of the molecule is CCCc1ccc(NC(=O)CC(CC)CN)cc1. The Labute approximate surface area is 110 Å². The summed E-state index contributed by atoms with van der Waals surface area (Å²) < 4.78 is 0. The van der Waals surface area contributed by atoms with Crippen LogP contribution in [0.4, 0.5) is 5.69 Å². The number of carbonyl (C=O) groups is 1. The van der Waals surface area contributed by atoms with Gasteiger partial charge in [-0.15, -0.1) is 0 Å². The Morgan fingerprint density at radius 3 is 2.44 bits per heavy atom.